The quantitative estimate of drug-likeness (QED) is 0.591. The molecule has 3 aromatic rings. The van der Waals surface area contributed by atoms with E-state index in [0.29, 0.717) is 11.3 Å². The highest BCUT2D eigenvalue weighted by Crippen LogP contribution is 2.35. The van der Waals surface area contributed by atoms with Crippen LogP contribution in [0.1, 0.15) is 11.1 Å². The maximum Gasteiger partial charge on any atom is 0.282 e. The van der Waals surface area contributed by atoms with E-state index in [0.717, 1.165) is 28.3 Å². The number of halogens is 2. The van der Waals surface area contributed by atoms with E-state index in [9.17, 15) is 18.4 Å². The van der Waals surface area contributed by atoms with Crippen molar-refractivity contribution in [1.29, 1.82) is 0 Å². The summed E-state index contributed by atoms with van der Waals surface area (Å²) in [6.07, 6.45) is 0. The van der Waals surface area contributed by atoms with Crippen molar-refractivity contribution in [2.24, 2.45) is 0 Å². The zero-order valence-electron chi connectivity index (χ0n) is 17.8. The average molecular weight is 433 g/mol. The summed E-state index contributed by atoms with van der Waals surface area (Å²) >= 11 is 0. The summed E-state index contributed by atoms with van der Waals surface area (Å²) < 4.78 is 27.1. The van der Waals surface area contributed by atoms with Gasteiger partial charge in [-0.1, -0.05) is 35.9 Å². The van der Waals surface area contributed by atoms with Gasteiger partial charge in [0.2, 0.25) is 0 Å². The number of amides is 2. The van der Waals surface area contributed by atoms with Crippen LogP contribution in [-0.2, 0) is 9.59 Å². The molecule has 1 N–H and O–H groups in total. The third kappa shape index (κ3) is 3.85. The van der Waals surface area contributed by atoms with Gasteiger partial charge in [-0.15, -0.1) is 0 Å². The average Bonchev–Trinajstić information content (AvgIpc) is 3.01. The highest BCUT2D eigenvalue weighted by Gasteiger charge is 2.40. The van der Waals surface area contributed by atoms with Gasteiger partial charge in [-0.2, -0.15) is 0 Å². The minimum Gasteiger partial charge on any atom is -0.378 e. The van der Waals surface area contributed by atoms with Crippen LogP contribution in [0.5, 0.6) is 0 Å². The van der Waals surface area contributed by atoms with E-state index in [2.05, 4.69) is 5.32 Å². The van der Waals surface area contributed by atoms with Gasteiger partial charge < -0.3 is 10.2 Å². The number of anilines is 3. The first-order chi connectivity index (χ1) is 15.3. The molecule has 0 spiro atoms. The Balaban J connectivity index is 1.82. The second kappa shape index (κ2) is 8.26. The van der Waals surface area contributed by atoms with Crippen LogP contribution in [0.3, 0.4) is 0 Å². The fraction of sp³-hybridized carbons (Fsp3) is 0.120. The molecule has 2 amide bonds. The number of imide groups is 1. The van der Waals surface area contributed by atoms with E-state index in [1.807, 2.05) is 44.1 Å². The molecule has 3 aromatic carbocycles. The molecule has 0 aromatic heterocycles. The number of nitrogens with zero attached hydrogens (tertiary/aromatic N) is 2. The molecule has 7 heteroatoms. The van der Waals surface area contributed by atoms with Gasteiger partial charge in [0.05, 0.1) is 11.3 Å². The van der Waals surface area contributed by atoms with E-state index in [-0.39, 0.29) is 17.0 Å². The molecular weight excluding hydrogens is 412 g/mol. The molecule has 0 saturated carbocycles. The van der Waals surface area contributed by atoms with Crippen LogP contribution in [0.4, 0.5) is 25.8 Å². The summed E-state index contributed by atoms with van der Waals surface area (Å²) in [6.45, 7) is 1.92. The van der Waals surface area contributed by atoms with Gasteiger partial charge in [-0.3, -0.25) is 9.59 Å². The summed E-state index contributed by atoms with van der Waals surface area (Å²) in [7, 11) is 3.72. The van der Waals surface area contributed by atoms with Crippen molar-refractivity contribution >= 4 is 34.4 Å². The molecule has 0 fully saturated rings. The van der Waals surface area contributed by atoms with Crippen LogP contribution >= 0.6 is 0 Å². The molecule has 0 unspecified atom stereocenters. The molecule has 1 heterocycles. The number of carbonyl (C=O) groups excluding carboxylic acids is 2. The number of hydrogen-bond acceptors (Lipinski definition) is 4. The van der Waals surface area contributed by atoms with Crippen molar-refractivity contribution < 1.29 is 18.4 Å². The predicted octanol–water partition coefficient (Wildman–Crippen LogP) is 4.74. The first-order valence-corrected chi connectivity index (χ1v) is 9.96. The SMILES string of the molecule is Cc1ccc(C2=C(Nc3ccc(F)c(F)c3)C(=O)N(c3cccc(N(C)C)c3)C2=O)cc1. The summed E-state index contributed by atoms with van der Waals surface area (Å²) in [4.78, 5) is 29.8. The third-order valence-corrected chi connectivity index (χ3v) is 5.22. The minimum atomic E-state index is -1.06. The molecule has 162 valence electrons. The van der Waals surface area contributed by atoms with E-state index in [1.54, 1.807) is 30.3 Å². The predicted molar refractivity (Wildman–Crippen MR) is 121 cm³/mol. The van der Waals surface area contributed by atoms with Crippen molar-refractivity contribution in [2.75, 3.05) is 29.2 Å². The van der Waals surface area contributed by atoms with Gasteiger partial charge >= 0.3 is 0 Å². The van der Waals surface area contributed by atoms with E-state index in [4.69, 9.17) is 0 Å². The van der Waals surface area contributed by atoms with Crippen LogP contribution < -0.4 is 15.1 Å². The minimum absolute atomic E-state index is 0.000109. The second-order valence-corrected chi connectivity index (χ2v) is 7.73. The smallest absolute Gasteiger partial charge is 0.282 e. The Morgan fingerprint density at radius 2 is 1.56 bits per heavy atom. The summed E-state index contributed by atoms with van der Waals surface area (Å²) in [5.41, 5.74) is 3.10. The number of nitrogens with one attached hydrogen (secondary N) is 1. The molecule has 1 aliphatic rings. The van der Waals surface area contributed by atoms with Crippen molar-refractivity contribution in [3.63, 3.8) is 0 Å². The number of rotatable bonds is 5. The van der Waals surface area contributed by atoms with E-state index >= 15 is 0 Å². The Bertz CT molecular complexity index is 1250. The summed E-state index contributed by atoms with van der Waals surface area (Å²) in [5.74, 6) is -3.13. The lowest BCUT2D eigenvalue weighted by atomic mass is 10.0. The van der Waals surface area contributed by atoms with Crippen LogP contribution in [0.15, 0.2) is 72.4 Å². The number of aryl methyl sites for hydroxylation is 1. The monoisotopic (exact) mass is 433 g/mol. The lowest BCUT2D eigenvalue weighted by molar-refractivity contribution is -0.120. The molecule has 0 bridgehead atoms. The van der Waals surface area contributed by atoms with Gasteiger partial charge in [0.15, 0.2) is 11.6 Å². The van der Waals surface area contributed by atoms with Crippen LogP contribution in [0.25, 0.3) is 5.57 Å². The zero-order chi connectivity index (χ0) is 23.0. The normalized spacial score (nSPS) is 13.7. The standard InChI is InChI=1S/C25H21F2N3O2/c1-15-7-9-16(10-8-15)22-23(28-17-11-12-20(26)21(27)13-17)25(32)30(24(22)31)19-6-4-5-18(14-19)29(2)3/h4-14,28H,1-3H3. The van der Waals surface area contributed by atoms with Crippen molar-refractivity contribution in [1.82, 2.24) is 0 Å². The molecule has 5 nitrogen and oxygen atoms in total. The van der Waals surface area contributed by atoms with Crippen molar-refractivity contribution in [3.8, 4) is 0 Å². The third-order valence-electron chi connectivity index (χ3n) is 5.22. The highest BCUT2D eigenvalue weighted by molar-refractivity contribution is 6.46. The van der Waals surface area contributed by atoms with Gasteiger partial charge in [0.1, 0.15) is 5.70 Å². The topological polar surface area (TPSA) is 52.7 Å². The van der Waals surface area contributed by atoms with Gasteiger partial charge in [-0.05, 0) is 42.8 Å². The number of benzene rings is 3. The molecule has 0 atom stereocenters. The Labute approximate surface area is 184 Å². The van der Waals surface area contributed by atoms with Crippen LogP contribution in [0, 0.1) is 18.6 Å². The molecule has 0 aliphatic carbocycles. The molecule has 32 heavy (non-hydrogen) atoms. The Morgan fingerprint density at radius 3 is 2.22 bits per heavy atom. The lowest BCUT2D eigenvalue weighted by Gasteiger charge is -2.19. The molecule has 4 rings (SSSR count). The summed E-state index contributed by atoms with van der Waals surface area (Å²) in [6, 6.07) is 17.4. The maximum atomic E-state index is 13.8. The molecule has 0 saturated heterocycles. The Hall–Kier alpha value is -4.00. The highest BCUT2D eigenvalue weighted by atomic mass is 19.2. The van der Waals surface area contributed by atoms with Crippen molar-refractivity contribution in [2.45, 2.75) is 6.92 Å². The van der Waals surface area contributed by atoms with Crippen LogP contribution in [0.2, 0.25) is 0 Å². The number of hydrogen-bond donors (Lipinski definition) is 1. The first kappa shape index (κ1) is 21.2. The van der Waals surface area contributed by atoms with E-state index in [1.165, 1.54) is 6.07 Å². The zero-order valence-corrected chi connectivity index (χ0v) is 17.8. The molecular formula is C25H21F2N3O2. The maximum absolute atomic E-state index is 13.8. The van der Waals surface area contributed by atoms with Crippen LogP contribution in [-0.4, -0.2) is 25.9 Å². The van der Waals surface area contributed by atoms with Crippen molar-refractivity contribution in [3.05, 3.63) is 95.2 Å². The molecule has 0 radical (unpaired) electrons. The fourth-order valence-electron chi connectivity index (χ4n) is 3.50. The Kier molecular flexibility index (Phi) is 5.48. The number of carbonyl (C=O) groups is 2. The van der Waals surface area contributed by atoms with Gasteiger partial charge in [0.25, 0.3) is 11.8 Å². The first-order valence-electron chi connectivity index (χ1n) is 9.96. The van der Waals surface area contributed by atoms with Gasteiger partial charge in [-0.25, -0.2) is 13.7 Å². The largest absolute Gasteiger partial charge is 0.378 e. The summed E-state index contributed by atoms with van der Waals surface area (Å²) in [5, 5.41) is 2.84. The lowest BCUT2D eigenvalue weighted by Crippen LogP contribution is -2.32. The van der Waals surface area contributed by atoms with E-state index < -0.39 is 23.4 Å². The van der Waals surface area contributed by atoms with Gasteiger partial charge in [0, 0.05) is 31.5 Å². The fourth-order valence-corrected chi connectivity index (χ4v) is 3.50. The molecule has 1 aliphatic heterocycles. The second-order valence-electron chi connectivity index (χ2n) is 7.73. The Morgan fingerprint density at radius 1 is 0.844 bits per heavy atom.